The van der Waals surface area contributed by atoms with E-state index in [1.165, 1.54) is 4.90 Å². The van der Waals surface area contributed by atoms with Gasteiger partial charge in [0.1, 0.15) is 11.2 Å². The maximum atomic E-state index is 12.7. The van der Waals surface area contributed by atoms with Crippen LogP contribution in [0.15, 0.2) is 4.99 Å². The minimum absolute atomic E-state index is 0.214. The number of guanidine groups is 1. The number of ether oxygens (including phenoxy) is 2. The van der Waals surface area contributed by atoms with E-state index in [0.717, 1.165) is 25.7 Å². The van der Waals surface area contributed by atoms with Crippen LogP contribution in [-0.4, -0.2) is 47.3 Å². The molecule has 0 aliphatic heterocycles. The molecule has 0 radical (unpaired) electrons. The van der Waals surface area contributed by atoms with E-state index in [-0.39, 0.29) is 11.9 Å². The maximum absolute atomic E-state index is 12.7. The number of hydrogen-bond donors (Lipinski definition) is 2. The van der Waals surface area contributed by atoms with Crippen LogP contribution in [0.25, 0.3) is 0 Å². The Labute approximate surface area is 162 Å². The Balaban J connectivity index is 2.95. The summed E-state index contributed by atoms with van der Waals surface area (Å²) < 4.78 is 10.6. The summed E-state index contributed by atoms with van der Waals surface area (Å²) >= 11 is 0. The van der Waals surface area contributed by atoms with Crippen LogP contribution in [0.5, 0.6) is 0 Å². The molecule has 0 aromatic heterocycles. The van der Waals surface area contributed by atoms with Gasteiger partial charge in [-0.1, -0.05) is 6.42 Å². The standard InChI is InChI=1S/C19H36N4O4/c1-18(2,3)26-16(24)22-15(21)23(17(25)27-19(4,5)6)12-14-9-7-8-13(10-14)11-20/h13-14H,7-12,20H2,1-6H3,(H2,21,22,24). The van der Waals surface area contributed by atoms with Gasteiger partial charge in [-0.15, -0.1) is 4.99 Å². The number of carbonyl (C=O) groups is 2. The highest BCUT2D eigenvalue weighted by atomic mass is 16.6. The van der Waals surface area contributed by atoms with E-state index >= 15 is 0 Å². The van der Waals surface area contributed by atoms with E-state index in [9.17, 15) is 9.59 Å². The largest absolute Gasteiger partial charge is 0.443 e. The molecule has 0 heterocycles. The van der Waals surface area contributed by atoms with Crippen molar-refractivity contribution in [2.45, 2.75) is 78.4 Å². The molecule has 1 saturated carbocycles. The van der Waals surface area contributed by atoms with Crippen LogP contribution in [0.3, 0.4) is 0 Å². The van der Waals surface area contributed by atoms with Crippen molar-refractivity contribution in [3.05, 3.63) is 0 Å². The lowest BCUT2D eigenvalue weighted by molar-refractivity contribution is 0.0331. The fraction of sp³-hybridized carbons (Fsp3) is 0.842. The molecule has 0 saturated heterocycles. The smallest absolute Gasteiger partial charge is 0.437 e. The highest BCUT2D eigenvalue weighted by Gasteiger charge is 2.30. The highest BCUT2D eigenvalue weighted by molar-refractivity contribution is 5.98. The summed E-state index contributed by atoms with van der Waals surface area (Å²) in [5.74, 6) is 0.453. The Hall–Kier alpha value is -1.83. The van der Waals surface area contributed by atoms with Crippen molar-refractivity contribution in [1.29, 1.82) is 0 Å². The zero-order chi connectivity index (χ0) is 20.8. The quantitative estimate of drug-likeness (QED) is 0.569. The first-order chi connectivity index (χ1) is 12.3. The Morgan fingerprint density at radius 1 is 1.04 bits per heavy atom. The maximum Gasteiger partial charge on any atom is 0.437 e. The minimum Gasteiger partial charge on any atom is -0.443 e. The average molecular weight is 385 g/mol. The Kier molecular flexibility index (Phi) is 8.07. The number of aliphatic imine (C=N–C) groups is 1. The first-order valence-corrected chi connectivity index (χ1v) is 9.58. The monoisotopic (exact) mass is 384 g/mol. The van der Waals surface area contributed by atoms with Gasteiger partial charge in [-0.25, -0.2) is 14.5 Å². The Morgan fingerprint density at radius 2 is 1.59 bits per heavy atom. The second-order valence-corrected chi connectivity index (χ2v) is 9.18. The summed E-state index contributed by atoms with van der Waals surface area (Å²) in [6.07, 6.45) is 2.57. The van der Waals surface area contributed by atoms with Gasteiger partial charge >= 0.3 is 12.2 Å². The summed E-state index contributed by atoms with van der Waals surface area (Å²) in [6, 6.07) is 0. The molecule has 27 heavy (non-hydrogen) atoms. The van der Waals surface area contributed by atoms with Gasteiger partial charge in [0.2, 0.25) is 5.96 Å². The molecule has 8 nitrogen and oxygen atoms in total. The SMILES string of the molecule is CC(C)(C)OC(=O)N=C(N)N(CC1CCCC(CN)C1)C(=O)OC(C)(C)C. The van der Waals surface area contributed by atoms with Gasteiger partial charge < -0.3 is 20.9 Å². The van der Waals surface area contributed by atoms with Crippen LogP contribution >= 0.6 is 0 Å². The van der Waals surface area contributed by atoms with E-state index in [2.05, 4.69) is 4.99 Å². The number of nitrogens with zero attached hydrogens (tertiary/aromatic N) is 2. The molecule has 1 rings (SSSR count). The normalized spacial score (nSPS) is 21.5. The van der Waals surface area contributed by atoms with E-state index in [1.54, 1.807) is 41.5 Å². The summed E-state index contributed by atoms with van der Waals surface area (Å²) in [5.41, 5.74) is 10.4. The van der Waals surface area contributed by atoms with Crippen molar-refractivity contribution in [2.75, 3.05) is 13.1 Å². The number of carbonyl (C=O) groups excluding carboxylic acids is 2. The molecule has 8 heteroatoms. The van der Waals surface area contributed by atoms with Gasteiger partial charge in [-0.05, 0) is 79.2 Å². The molecule has 0 spiro atoms. The molecule has 2 unspecified atom stereocenters. The van der Waals surface area contributed by atoms with Crippen molar-refractivity contribution in [3.63, 3.8) is 0 Å². The van der Waals surface area contributed by atoms with Gasteiger partial charge in [0, 0.05) is 6.54 Å². The van der Waals surface area contributed by atoms with Crippen LogP contribution in [-0.2, 0) is 9.47 Å². The minimum atomic E-state index is -0.836. The molecule has 2 atom stereocenters. The van der Waals surface area contributed by atoms with Gasteiger partial charge in [0.15, 0.2) is 0 Å². The molecule has 0 bridgehead atoms. The zero-order valence-corrected chi connectivity index (χ0v) is 17.6. The van der Waals surface area contributed by atoms with Crippen molar-refractivity contribution in [2.24, 2.45) is 28.3 Å². The number of hydrogen-bond acceptors (Lipinski definition) is 5. The average Bonchev–Trinajstić information content (AvgIpc) is 2.48. The van der Waals surface area contributed by atoms with Crippen molar-refractivity contribution in [1.82, 2.24) is 4.90 Å². The molecule has 0 aromatic rings. The fourth-order valence-electron chi connectivity index (χ4n) is 3.06. The predicted octanol–water partition coefficient (Wildman–Crippen LogP) is 3.24. The van der Waals surface area contributed by atoms with Gasteiger partial charge in [0.05, 0.1) is 0 Å². The van der Waals surface area contributed by atoms with E-state index in [0.29, 0.717) is 19.0 Å². The van der Waals surface area contributed by atoms with Gasteiger partial charge in [0.25, 0.3) is 0 Å². The molecular formula is C19H36N4O4. The van der Waals surface area contributed by atoms with Crippen LogP contribution in [0, 0.1) is 11.8 Å². The van der Waals surface area contributed by atoms with E-state index in [4.69, 9.17) is 20.9 Å². The second-order valence-electron chi connectivity index (χ2n) is 9.18. The lowest BCUT2D eigenvalue weighted by Crippen LogP contribution is -2.48. The molecule has 2 amide bonds. The molecule has 1 aliphatic rings. The number of amides is 2. The van der Waals surface area contributed by atoms with E-state index in [1.807, 2.05) is 0 Å². The summed E-state index contributed by atoms with van der Waals surface area (Å²) in [6.45, 7) is 11.5. The lowest BCUT2D eigenvalue weighted by atomic mass is 9.81. The summed E-state index contributed by atoms with van der Waals surface area (Å²) in [5, 5.41) is 0. The van der Waals surface area contributed by atoms with Crippen LogP contribution in [0.4, 0.5) is 9.59 Å². The first-order valence-electron chi connectivity index (χ1n) is 9.58. The second kappa shape index (κ2) is 9.39. The van der Waals surface area contributed by atoms with Gasteiger partial charge in [-0.3, -0.25) is 0 Å². The third-order valence-corrected chi connectivity index (χ3v) is 4.16. The topological polar surface area (TPSA) is 120 Å². The third kappa shape index (κ3) is 9.08. The Bertz CT molecular complexity index is 549. The predicted molar refractivity (Wildman–Crippen MR) is 105 cm³/mol. The van der Waals surface area contributed by atoms with Crippen molar-refractivity contribution in [3.8, 4) is 0 Å². The third-order valence-electron chi connectivity index (χ3n) is 4.16. The molecule has 156 valence electrons. The van der Waals surface area contributed by atoms with Crippen molar-refractivity contribution < 1.29 is 19.1 Å². The van der Waals surface area contributed by atoms with Crippen LogP contribution in [0.2, 0.25) is 0 Å². The molecule has 1 fully saturated rings. The number of nitrogens with two attached hydrogens (primary N) is 2. The van der Waals surface area contributed by atoms with Crippen LogP contribution in [0.1, 0.15) is 67.2 Å². The highest BCUT2D eigenvalue weighted by Crippen LogP contribution is 2.29. The van der Waals surface area contributed by atoms with Gasteiger partial charge in [-0.2, -0.15) is 0 Å². The first kappa shape index (κ1) is 23.2. The van der Waals surface area contributed by atoms with Crippen LogP contribution < -0.4 is 11.5 Å². The summed E-state index contributed by atoms with van der Waals surface area (Å²) in [7, 11) is 0. The molecule has 1 aliphatic carbocycles. The number of rotatable bonds is 3. The van der Waals surface area contributed by atoms with E-state index < -0.39 is 23.4 Å². The molecule has 0 aromatic carbocycles. The fourth-order valence-corrected chi connectivity index (χ4v) is 3.06. The van der Waals surface area contributed by atoms with Crippen molar-refractivity contribution >= 4 is 18.1 Å². The molecular weight excluding hydrogens is 348 g/mol. The summed E-state index contributed by atoms with van der Waals surface area (Å²) in [4.78, 5) is 29.6. The zero-order valence-electron chi connectivity index (χ0n) is 17.6. The molecule has 4 N–H and O–H groups in total. The lowest BCUT2D eigenvalue weighted by Gasteiger charge is -2.33. The Morgan fingerprint density at radius 3 is 2.11 bits per heavy atom.